The first-order valence-corrected chi connectivity index (χ1v) is 8.79. The van der Waals surface area contributed by atoms with Crippen LogP contribution in [0.2, 0.25) is 0 Å². The summed E-state index contributed by atoms with van der Waals surface area (Å²) in [6, 6.07) is 7.26. The van der Waals surface area contributed by atoms with Crippen molar-refractivity contribution in [1.82, 2.24) is 10.2 Å². The molecule has 2 N–H and O–H groups in total. The van der Waals surface area contributed by atoms with E-state index in [1.54, 1.807) is 19.4 Å². The summed E-state index contributed by atoms with van der Waals surface area (Å²) in [4.78, 5) is 26.1. The number of hydrogen-bond donors (Lipinski definition) is 2. The number of piperidine rings is 1. The molecule has 7 heteroatoms. The van der Waals surface area contributed by atoms with Gasteiger partial charge in [-0.3, -0.25) is 9.59 Å². The molecule has 26 heavy (non-hydrogen) atoms. The smallest absolute Gasteiger partial charge is 0.266 e. The van der Waals surface area contributed by atoms with Gasteiger partial charge in [0.2, 0.25) is 5.91 Å². The zero-order chi connectivity index (χ0) is 18.5. The summed E-state index contributed by atoms with van der Waals surface area (Å²) in [5.41, 5.74) is 2.35. The Balaban J connectivity index is 1.62. The highest BCUT2D eigenvalue weighted by Crippen LogP contribution is 2.27. The van der Waals surface area contributed by atoms with E-state index < -0.39 is 0 Å². The van der Waals surface area contributed by atoms with Crippen LogP contribution in [0.5, 0.6) is 5.75 Å². The van der Waals surface area contributed by atoms with E-state index in [2.05, 4.69) is 20.4 Å². The van der Waals surface area contributed by atoms with E-state index >= 15 is 0 Å². The fourth-order valence-corrected chi connectivity index (χ4v) is 3.39. The predicted molar refractivity (Wildman–Crippen MR) is 101 cm³/mol. The predicted octanol–water partition coefficient (Wildman–Crippen LogP) is 2.33. The topological polar surface area (TPSA) is 87.3 Å². The second-order valence-electron chi connectivity index (χ2n) is 6.71. The van der Waals surface area contributed by atoms with E-state index in [-0.39, 0.29) is 17.4 Å². The Kier molecular flexibility index (Phi) is 5.55. The minimum atomic E-state index is -0.214. The number of amides is 1. The van der Waals surface area contributed by atoms with E-state index in [1.807, 2.05) is 25.1 Å². The number of aromatic amines is 1. The Labute approximate surface area is 152 Å². The van der Waals surface area contributed by atoms with E-state index in [1.165, 1.54) is 0 Å². The van der Waals surface area contributed by atoms with Crippen molar-refractivity contribution in [3.63, 3.8) is 0 Å². The summed E-state index contributed by atoms with van der Waals surface area (Å²) in [7, 11) is 1.59. The monoisotopic (exact) mass is 356 g/mol. The fourth-order valence-electron chi connectivity index (χ4n) is 3.39. The molecule has 1 aliphatic heterocycles. The van der Waals surface area contributed by atoms with Gasteiger partial charge in [0.05, 0.1) is 24.7 Å². The van der Waals surface area contributed by atoms with Crippen molar-refractivity contribution in [1.29, 1.82) is 0 Å². The molecule has 1 saturated heterocycles. The molecule has 1 aromatic heterocycles. The fraction of sp³-hybridized carbons (Fsp3) is 0.421. The second-order valence-corrected chi connectivity index (χ2v) is 6.71. The number of benzene rings is 1. The van der Waals surface area contributed by atoms with Gasteiger partial charge in [-0.25, -0.2) is 5.10 Å². The van der Waals surface area contributed by atoms with Crippen molar-refractivity contribution < 1.29 is 9.53 Å². The lowest BCUT2D eigenvalue weighted by molar-refractivity contribution is -0.117. The number of nitrogens with one attached hydrogen (secondary N) is 2. The van der Waals surface area contributed by atoms with E-state index in [4.69, 9.17) is 4.74 Å². The summed E-state index contributed by atoms with van der Waals surface area (Å²) in [6.07, 6.45) is 4.07. The van der Waals surface area contributed by atoms with Crippen molar-refractivity contribution in [2.24, 2.45) is 5.92 Å². The molecule has 1 amide bonds. The van der Waals surface area contributed by atoms with E-state index in [0.29, 0.717) is 17.9 Å². The van der Waals surface area contributed by atoms with Crippen molar-refractivity contribution in [2.75, 3.05) is 30.4 Å². The Morgan fingerprint density at radius 2 is 2.27 bits per heavy atom. The number of rotatable bonds is 5. The lowest BCUT2D eigenvalue weighted by Crippen LogP contribution is -2.37. The summed E-state index contributed by atoms with van der Waals surface area (Å²) in [6.45, 7) is 3.59. The van der Waals surface area contributed by atoms with Crippen molar-refractivity contribution in [3.05, 3.63) is 46.4 Å². The molecule has 2 heterocycles. The number of aromatic nitrogens is 2. The van der Waals surface area contributed by atoms with Gasteiger partial charge in [0, 0.05) is 25.6 Å². The third-order valence-electron chi connectivity index (χ3n) is 4.64. The number of ether oxygens (including phenoxy) is 1. The highest BCUT2D eigenvalue weighted by Gasteiger charge is 2.23. The quantitative estimate of drug-likeness (QED) is 0.859. The van der Waals surface area contributed by atoms with Crippen LogP contribution in [-0.2, 0) is 4.79 Å². The normalized spacial score (nSPS) is 17.0. The minimum absolute atomic E-state index is 0.0233. The number of aryl methyl sites for hydroxylation is 1. The number of H-pyrrole nitrogens is 1. The van der Waals surface area contributed by atoms with Crippen LogP contribution in [0.4, 0.5) is 11.4 Å². The summed E-state index contributed by atoms with van der Waals surface area (Å²) < 4.78 is 5.31. The van der Waals surface area contributed by atoms with Crippen molar-refractivity contribution in [2.45, 2.75) is 26.2 Å². The van der Waals surface area contributed by atoms with Gasteiger partial charge >= 0.3 is 0 Å². The average Bonchev–Trinajstić information content (AvgIpc) is 2.62. The molecule has 1 unspecified atom stereocenters. The third kappa shape index (κ3) is 4.41. The lowest BCUT2D eigenvalue weighted by Gasteiger charge is -2.33. The van der Waals surface area contributed by atoms with Crippen molar-refractivity contribution in [3.8, 4) is 5.75 Å². The van der Waals surface area contributed by atoms with Crippen molar-refractivity contribution >= 4 is 17.3 Å². The van der Waals surface area contributed by atoms with Crippen LogP contribution in [-0.4, -0.2) is 36.3 Å². The number of methoxy groups -OCH3 is 1. The Bertz CT molecular complexity index is 834. The number of hydrogen-bond acceptors (Lipinski definition) is 5. The zero-order valence-corrected chi connectivity index (χ0v) is 15.1. The van der Waals surface area contributed by atoms with E-state index in [9.17, 15) is 9.59 Å². The first-order valence-electron chi connectivity index (χ1n) is 8.79. The number of carbonyl (C=O) groups is 1. The summed E-state index contributed by atoms with van der Waals surface area (Å²) in [5, 5.41) is 9.21. The molecule has 138 valence electrons. The molecule has 1 fully saturated rings. The van der Waals surface area contributed by atoms with Crippen LogP contribution in [0, 0.1) is 12.8 Å². The molecule has 0 spiro atoms. The molecule has 0 aliphatic carbocycles. The molecule has 7 nitrogen and oxygen atoms in total. The SMILES string of the molecule is COc1ccc(C)cc1NC(=O)CC1CCCN(c2cn[nH]c(=O)c2)C1. The van der Waals surface area contributed by atoms with Crippen LogP contribution >= 0.6 is 0 Å². The molecule has 3 rings (SSSR count). The molecule has 1 aromatic carbocycles. The lowest BCUT2D eigenvalue weighted by atomic mass is 9.94. The van der Waals surface area contributed by atoms with Gasteiger partial charge < -0.3 is 15.0 Å². The molecular formula is C19H24N4O3. The van der Waals surface area contributed by atoms with Gasteiger partial charge in [0.1, 0.15) is 5.75 Å². The third-order valence-corrected chi connectivity index (χ3v) is 4.64. The van der Waals surface area contributed by atoms with Gasteiger partial charge in [-0.1, -0.05) is 6.07 Å². The number of nitrogens with zero attached hydrogens (tertiary/aromatic N) is 2. The van der Waals surface area contributed by atoms with Gasteiger partial charge in [-0.2, -0.15) is 5.10 Å². The van der Waals surface area contributed by atoms with Gasteiger partial charge in [0.15, 0.2) is 0 Å². The molecule has 0 radical (unpaired) electrons. The van der Waals surface area contributed by atoms with Gasteiger partial charge in [0.25, 0.3) is 5.56 Å². The highest BCUT2D eigenvalue weighted by atomic mass is 16.5. The maximum absolute atomic E-state index is 12.5. The molecule has 0 saturated carbocycles. The minimum Gasteiger partial charge on any atom is -0.495 e. The summed E-state index contributed by atoms with van der Waals surface area (Å²) >= 11 is 0. The molecule has 0 bridgehead atoms. The molecular weight excluding hydrogens is 332 g/mol. The van der Waals surface area contributed by atoms with Crippen LogP contribution in [0.3, 0.4) is 0 Å². The molecule has 1 aliphatic rings. The Morgan fingerprint density at radius 1 is 1.42 bits per heavy atom. The van der Waals surface area contributed by atoms with Crippen LogP contribution < -0.4 is 20.5 Å². The van der Waals surface area contributed by atoms with Crippen LogP contribution in [0.1, 0.15) is 24.8 Å². The Hall–Kier alpha value is -2.83. The van der Waals surface area contributed by atoms with Gasteiger partial charge in [-0.05, 0) is 43.4 Å². The van der Waals surface area contributed by atoms with Crippen LogP contribution in [0.15, 0.2) is 35.3 Å². The maximum atomic E-state index is 12.5. The number of anilines is 2. The first kappa shape index (κ1) is 18.0. The maximum Gasteiger partial charge on any atom is 0.266 e. The Morgan fingerprint density at radius 3 is 3.04 bits per heavy atom. The zero-order valence-electron chi connectivity index (χ0n) is 15.1. The first-order chi connectivity index (χ1) is 12.5. The standard InChI is InChI=1S/C19H24N4O3/c1-13-5-6-17(26-2)16(8-13)21-18(24)9-14-4-3-7-23(12-14)15-10-19(25)22-20-11-15/h5-6,8,10-11,14H,3-4,7,9,12H2,1-2H3,(H,21,24)(H,22,25). The summed E-state index contributed by atoms with van der Waals surface area (Å²) in [5.74, 6) is 0.868. The second kappa shape index (κ2) is 8.03. The van der Waals surface area contributed by atoms with Gasteiger partial charge in [-0.15, -0.1) is 0 Å². The average molecular weight is 356 g/mol. The largest absolute Gasteiger partial charge is 0.495 e. The van der Waals surface area contributed by atoms with E-state index in [0.717, 1.165) is 37.2 Å². The highest BCUT2D eigenvalue weighted by molar-refractivity contribution is 5.92. The number of carbonyl (C=O) groups excluding carboxylic acids is 1. The van der Waals surface area contributed by atoms with Crippen LogP contribution in [0.25, 0.3) is 0 Å². The molecule has 1 atom stereocenters. The molecule has 2 aromatic rings.